The fourth-order valence-electron chi connectivity index (χ4n) is 1.68. The van der Waals surface area contributed by atoms with Crippen molar-refractivity contribution in [2.75, 3.05) is 13.1 Å². The van der Waals surface area contributed by atoms with Crippen LogP contribution < -0.4 is 5.32 Å². The number of rotatable bonds is 3. The first kappa shape index (κ1) is 9.26. The maximum Gasteiger partial charge on any atom is 0.304 e. The molecule has 2 N–H and O–H groups in total. The van der Waals surface area contributed by atoms with Crippen molar-refractivity contribution in [2.45, 2.75) is 19.3 Å². The first-order valence-electron chi connectivity index (χ1n) is 4.25. The zero-order valence-corrected chi connectivity index (χ0v) is 7.18. The quantitative estimate of drug-likeness (QED) is 0.620. The van der Waals surface area contributed by atoms with E-state index in [9.17, 15) is 4.79 Å². The van der Waals surface area contributed by atoms with Gasteiger partial charge in [-0.15, -0.1) is 6.58 Å². The molecule has 0 atom stereocenters. The lowest BCUT2D eigenvalue weighted by Crippen LogP contribution is -2.36. The summed E-state index contributed by atoms with van der Waals surface area (Å²) >= 11 is 0. The van der Waals surface area contributed by atoms with Crippen LogP contribution in [0.25, 0.3) is 0 Å². The van der Waals surface area contributed by atoms with Gasteiger partial charge in [-0.3, -0.25) is 4.79 Å². The third-order valence-electron chi connectivity index (χ3n) is 2.54. The molecule has 1 fully saturated rings. The third-order valence-corrected chi connectivity index (χ3v) is 2.54. The summed E-state index contributed by atoms with van der Waals surface area (Å²) in [6.45, 7) is 5.52. The molecule has 0 aromatic carbocycles. The molecule has 68 valence electrons. The van der Waals surface area contributed by atoms with E-state index in [4.69, 9.17) is 5.11 Å². The van der Waals surface area contributed by atoms with Gasteiger partial charge >= 0.3 is 5.97 Å². The van der Waals surface area contributed by atoms with E-state index in [0.29, 0.717) is 0 Å². The molecule has 1 rings (SSSR count). The van der Waals surface area contributed by atoms with E-state index in [1.165, 1.54) is 0 Å². The Balaban J connectivity index is 2.59. The number of piperidine rings is 1. The highest BCUT2D eigenvalue weighted by Crippen LogP contribution is 2.33. The zero-order valence-electron chi connectivity index (χ0n) is 7.18. The minimum atomic E-state index is -0.725. The minimum absolute atomic E-state index is 0.156. The normalized spacial score (nSPS) is 21.7. The molecule has 0 aliphatic carbocycles. The van der Waals surface area contributed by atoms with E-state index < -0.39 is 5.97 Å². The molecule has 12 heavy (non-hydrogen) atoms. The van der Waals surface area contributed by atoms with E-state index in [2.05, 4.69) is 11.9 Å². The molecule has 0 saturated carbocycles. The fraction of sp³-hybridized carbons (Fsp3) is 0.667. The Bertz CT molecular complexity index is 183. The average molecular weight is 169 g/mol. The second-order valence-corrected chi connectivity index (χ2v) is 3.39. The molecule has 0 aromatic heterocycles. The van der Waals surface area contributed by atoms with Crippen LogP contribution in [-0.4, -0.2) is 24.2 Å². The van der Waals surface area contributed by atoms with Crippen LogP contribution in [0.1, 0.15) is 19.3 Å². The molecule has 0 spiro atoms. The first-order valence-corrected chi connectivity index (χ1v) is 4.25. The van der Waals surface area contributed by atoms with Gasteiger partial charge in [0.05, 0.1) is 6.42 Å². The number of carboxylic acid groups (broad SMARTS) is 1. The van der Waals surface area contributed by atoms with E-state index in [1.807, 2.05) is 6.08 Å². The molecule has 1 heterocycles. The molecule has 3 nitrogen and oxygen atoms in total. The summed E-state index contributed by atoms with van der Waals surface area (Å²) in [7, 11) is 0. The van der Waals surface area contributed by atoms with Crippen LogP contribution in [0.4, 0.5) is 0 Å². The summed E-state index contributed by atoms with van der Waals surface area (Å²) in [5.41, 5.74) is -0.156. The molecule has 0 radical (unpaired) electrons. The Kier molecular flexibility index (Phi) is 2.87. The predicted molar refractivity (Wildman–Crippen MR) is 47.0 cm³/mol. The van der Waals surface area contributed by atoms with Crippen LogP contribution in [0.15, 0.2) is 12.7 Å². The smallest absolute Gasteiger partial charge is 0.304 e. The van der Waals surface area contributed by atoms with Gasteiger partial charge in [-0.2, -0.15) is 0 Å². The van der Waals surface area contributed by atoms with Crippen LogP contribution in [-0.2, 0) is 4.79 Å². The molecule has 0 aromatic rings. The lowest BCUT2D eigenvalue weighted by atomic mass is 9.76. The Morgan fingerprint density at radius 1 is 1.58 bits per heavy atom. The SMILES string of the molecule is C=CC1(CC(=O)O)CCNCC1. The van der Waals surface area contributed by atoms with Gasteiger partial charge in [0.25, 0.3) is 0 Å². The first-order chi connectivity index (χ1) is 5.68. The molecule has 0 amide bonds. The highest BCUT2D eigenvalue weighted by Gasteiger charge is 2.30. The maximum absolute atomic E-state index is 10.6. The molecule has 3 heteroatoms. The van der Waals surface area contributed by atoms with Crippen LogP contribution >= 0.6 is 0 Å². The zero-order chi connectivity index (χ0) is 9.03. The van der Waals surface area contributed by atoms with Crippen molar-refractivity contribution >= 4 is 5.97 Å². The maximum atomic E-state index is 10.6. The molecule has 1 aliphatic heterocycles. The van der Waals surface area contributed by atoms with Crippen molar-refractivity contribution in [1.82, 2.24) is 5.32 Å². The van der Waals surface area contributed by atoms with Crippen LogP contribution in [0, 0.1) is 5.41 Å². The Labute approximate surface area is 72.5 Å². The second kappa shape index (κ2) is 3.72. The third kappa shape index (κ3) is 2.08. The highest BCUT2D eigenvalue weighted by molar-refractivity contribution is 5.68. The van der Waals surface area contributed by atoms with Gasteiger partial charge in [0.2, 0.25) is 0 Å². The minimum Gasteiger partial charge on any atom is -0.481 e. The number of nitrogens with one attached hydrogen (secondary N) is 1. The van der Waals surface area contributed by atoms with E-state index in [0.717, 1.165) is 25.9 Å². The summed E-state index contributed by atoms with van der Waals surface area (Å²) in [6.07, 6.45) is 3.81. The van der Waals surface area contributed by atoms with Gasteiger partial charge in [0.1, 0.15) is 0 Å². The van der Waals surface area contributed by atoms with Gasteiger partial charge in [-0.1, -0.05) is 6.08 Å². The number of allylic oxidation sites excluding steroid dienone is 1. The lowest BCUT2D eigenvalue weighted by Gasteiger charge is -2.33. The number of carboxylic acids is 1. The van der Waals surface area contributed by atoms with E-state index in [1.54, 1.807) is 0 Å². The van der Waals surface area contributed by atoms with Gasteiger partial charge in [-0.05, 0) is 25.9 Å². The van der Waals surface area contributed by atoms with Gasteiger partial charge in [0, 0.05) is 5.41 Å². The topological polar surface area (TPSA) is 49.3 Å². The van der Waals surface area contributed by atoms with Crippen molar-refractivity contribution < 1.29 is 9.90 Å². The van der Waals surface area contributed by atoms with Gasteiger partial charge < -0.3 is 10.4 Å². The molecule has 1 saturated heterocycles. The lowest BCUT2D eigenvalue weighted by molar-refractivity contribution is -0.139. The van der Waals surface area contributed by atoms with Crippen molar-refractivity contribution in [3.05, 3.63) is 12.7 Å². The summed E-state index contributed by atoms with van der Waals surface area (Å²) in [6, 6.07) is 0. The molecular weight excluding hydrogens is 154 g/mol. The number of carbonyl (C=O) groups is 1. The summed E-state index contributed by atoms with van der Waals surface area (Å²) in [5.74, 6) is -0.725. The monoisotopic (exact) mass is 169 g/mol. The predicted octanol–water partition coefficient (Wildman–Crippen LogP) is 1.02. The van der Waals surface area contributed by atoms with Crippen LogP contribution in [0.2, 0.25) is 0 Å². The Morgan fingerprint density at radius 3 is 2.58 bits per heavy atom. The van der Waals surface area contributed by atoms with Gasteiger partial charge in [0.15, 0.2) is 0 Å². The summed E-state index contributed by atoms with van der Waals surface area (Å²) in [5, 5.41) is 11.9. The van der Waals surface area contributed by atoms with E-state index >= 15 is 0 Å². The average Bonchev–Trinajstić information content (AvgIpc) is 2.05. The Morgan fingerprint density at radius 2 is 2.17 bits per heavy atom. The van der Waals surface area contributed by atoms with Crippen molar-refractivity contribution in [3.8, 4) is 0 Å². The van der Waals surface area contributed by atoms with Crippen LogP contribution in [0.5, 0.6) is 0 Å². The summed E-state index contributed by atoms with van der Waals surface area (Å²) < 4.78 is 0. The number of hydrogen-bond acceptors (Lipinski definition) is 2. The standard InChI is InChI=1S/C9H15NO2/c1-2-9(7-8(11)12)3-5-10-6-4-9/h2,10H,1,3-7H2,(H,11,12). The largest absolute Gasteiger partial charge is 0.481 e. The number of aliphatic carboxylic acids is 1. The van der Waals surface area contributed by atoms with E-state index in [-0.39, 0.29) is 11.8 Å². The van der Waals surface area contributed by atoms with Crippen molar-refractivity contribution in [1.29, 1.82) is 0 Å². The second-order valence-electron chi connectivity index (χ2n) is 3.39. The molecular formula is C9H15NO2. The summed E-state index contributed by atoms with van der Waals surface area (Å²) in [4.78, 5) is 10.6. The highest BCUT2D eigenvalue weighted by atomic mass is 16.4. The number of hydrogen-bond donors (Lipinski definition) is 2. The molecule has 0 unspecified atom stereocenters. The van der Waals surface area contributed by atoms with Gasteiger partial charge in [-0.25, -0.2) is 0 Å². The Hall–Kier alpha value is -0.830. The van der Waals surface area contributed by atoms with Crippen molar-refractivity contribution in [3.63, 3.8) is 0 Å². The van der Waals surface area contributed by atoms with Crippen molar-refractivity contribution in [2.24, 2.45) is 5.41 Å². The molecule has 0 bridgehead atoms. The molecule has 1 aliphatic rings. The fourth-order valence-corrected chi connectivity index (χ4v) is 1.68. The van der Waals surface area contributed by atoms with Crippen LogP contribution in [0.3, 0.4) is 0 Å².